The van der Waals surface area contributed by atoms with Crippen molar-refractivity contribution in [3.63, 3.8) is 0 Å². The molecule has 10 rings (SSSR count). The minimum Gasteiger partial charge on any atom is -0.135 e. The fourth-order valence-electron chi connectivity index (χ4n) is 7.42. The van der Waals surface area contributed by atoms with Gasteiger partial charge < -0.3 is 0 Å². The van der Waals surface area contributed by atoms with E-state index < -0.39 is 0 Å². The number of hydrogen-bond donors (Lipinski definition) is 0. The first-order valence-electron chi connectivity index (χ1n) is 15.7. The molecule has 0 amide bonds. The highest BCUT2D eigenvalue weighted by Gasteiger charge is 2.18. The van der Waals surface area contributed by atoms with Gasteiger partial charge in [0.25, 0.3) is 0 Å². The van der Waals surface area contributed by atoms with E-state index in [0.717, 1.165) is 0 Å². The van der Waals surface area contributed by atoms with E-state index in [-0.39, 0.29) is 0 Å². The maximum atomic E-state index is 2.43. The minimum absolute atomic E-state index is 1.24. The van der Waals surface area contributed by atoms with Crippen molar-refractivity contribution in [3.8, 4) is 33.4 Å². The van der Waals surface area contributed by atoms with Crippen LogP contribution in [0.3, 0.4) is 0 Å². The molecule has 2 aromatic heterocycles. The topological polar surface area (TPSA) is 0 Å². The van der Waals surface area contributed by atoms with Crippen LogP contribution in [0.4, 0.5) is 0 Å². The van der Waals surface area contributed by atoms with Crippen LogP contribution >= 0.6 is 22.7 Å². The first kappa shape index (κ1) is 26.0. The molecule has 0 radical (unpaired) electrons. The fourth-order valence-corrected chi connectivity index (χ4v) is 9.77. The number of benzene rings is 8. The van der Waals surface area contributed by atoms with Gasteiger partial charge in [-0.1, -0.05) is 127 Å². The van der Waals surface area contributed by atoms with Gasteiger partial charge in [-0.25, -0.2) is 0 Å². The summed E-state index contributed by atoms with van der Waals surface area (Å²) >= 11 is 3.78. The summed E-state index contributed by atoms with van der Waals surface area (Å²) in [5.41, 5.74) is 7.57. The molecule has 0 saturated heterocycles. The van der Waals surface area contributed by atoms with E-state index in [1.165, 1.54) is 95.3 Å². The van der Waals surface area contributed by atoms with Crippen LogP contribution in [0.15, 0.2) is 158 Å². The molecule has 0 N–H and O–H groups in total. The largest absolute Gasteiger partial charge is 0.135 e. The van der Waals surface area contributed by atoms with Crippen molar-refractivity contribution < 1.29 is 0 Å². The van der Waals surface area contributed by atoms with E-state index in [0.29, 0.717) is 0 Å². The second-order valence-corrected chi connectivity index (χ2v) is 14.1. The van der Waals surface area contributed by atoms with Crippen LogP contribution in [0.25, 0.3) is 95.3 Å². The number of rotatable bonds is 3. The van der Waals surface area contributed by atoms with Crippen molar-refractivity contribution in [3.05, 3.63) is 158 Å². The van der Waals surface area contributed by atoms with Gasteiger partial charge in [0.2, 0.25) is 0 Å². The monoisotopic (exact) mass is 618 g/mol. The summed E-state index contributed by atoms with van der Waals surface area (Å²) in [6.45, 7) is 0. The highest BCUT2D eigenvalue weighted by molar-refractivity contribution is 7.26. The van der Waals surface area contributed by atoms with E-state index in [9.17, 15) is 0 Å². The summed E-state index contributed by atoms with van der Waals surface area (Å²) in [5, 5.41) is 10.6. The van der Waals surface area contributed by atoms with E-state index in [1.54, 1.807) is 0 Å². The Labute approximate surface area is 274 Å². The van der Waals surface area contributed by atoms with Gasteiger partial charge in [-0.05, 0) is 85.3 Å². The Morgan fingerprint density at radius 2 is 0.913 bits per heavy atom. The Balaban J connectivity index is 1.27. The average Bonchev–Trinajstić information content (AvgIpc) is 3.70. The molecule has 0 atom stereocenters. The third-order valence-electron chi connectivity index (χ3n) is 9.47. The van der Waals surface area contributed by atoms with Crippen LogP contribution < -0.4 is 0 Å². The molecular weight excluding hydrogens is 593 g/mol. The molecule has 0 nitrogen and oxygen atoms in total. The number of fused-ring (bicyclic) bond motifs is 10. The van der Waals surface area contributed by atoms with E-state index >= 15 is 0 Å². The third kappa shape index (κ3) is 3.84. The molecular formula is C44H26S2. The van der Waals surface area contributed by atoms with Gasteiger partial charge in [-0.3, -0.25) is 0 Å². The minimum atomic E-state index is 1.24. The molecule has 0 unspecified atom stereocenters. The Kier molecular flexibility index (Phi) is 5.72. The second kappa shape index (κ2) is 10.1. The van der Waals surface area contributed by atoms with Gasteiger partial charge in [-0.2, -0.15) is 0 Å². The molecule has 46 heavy (non-hydrogen) atoms. The summed E-state index contributed by atoms with van der Waals surface area (Å²) < 4.78 is 5.36. The number of thiophene rings is 2. The van der Waals surface area contributed by atoms with Crippen molar-refractivity contribution in [2.75, 3.05) is 0 Å². The van der Waals surface area contributed by atoms with Crippen LogP contribution in [0.1, 0.15) is 0 Å². The van der Waals surface area contributed by atoms with Gasteiger partial charge in [0.1, 0.15) is 0 Å². The lowest BCUT2D eigenvalue weighted by atomic mass is 9.87. The van der Waals surface area contributed by atoms with E-state index in [1.807, 2.05) is 22.7 Å². The van der Waals surface area contributed by atoms with Crippen molar-refractivity contribution in [2.45, 2.75) is 0 Å². The van der Waals surface area contributed by atoms with Crippen LogP contribution in [0.5, 0.6) is 0 Å². The van der Waals surface area contributed by atoms with E-state index in [4.69, 9.17) is 0 Å². The predicted octanol–water partition coefficient (Wildman–Crippen LogP) is 13.7. The van der Waals surface area contributed by atoms with Gasteiger partial charge in [0.05, 0.1) is 0 Å². The summed E-state index contributed by atoms with van der Waals surface area (Å²) in [6.07, 6.45) is 0. The van der Waals surface area contributed by atoms with Gasteiger partial charge in [0, 0.05) is 40.3 Å². The summed E-state index contributed by atoms with van der Waals surface area (Å²) in [4.78, 5) is 0. The SMILES string of the molecule is c1ccc(-c2cc3c(-c4cccc(-c5cccc6c5sc5ccccc56)c4)cccc3c3c2ccc2sc4ccccc4c23)cc1. The molecule has 0 aliphatic heterocycles. The van der Waals surface area contributed by atoms with Crippen LogP contribution in [-0.2, 0) is 0 Å². The highest BCUT2D eigenvalue weighted by atomic mass is 32.1. The van der Waals surface area contributed by atoms with Crippen molar-refractivity contribution in [1.29, 1.82) is 0 Å². The zero-order valence-corrected chi connectivity index (χ0v) is 26.5. The molecule has 0 bridgehead atoms. The number of hydrogen-bond acceptors (Lipinski definition) is 2. The van der Waals surface area contributed by atoms with Crippen molar-refractivity contribution >= 4 is 84.6 Å². The highest BCUT2D eigenvalue weighted by Crippen LogP contribution is 2.46. The lowest BCUT2D eigenvalue weighted by Gasteiger charge is -2.16. The fraction of sp³-hybridized carbons (Fsp3) is 0. The second-order valence-electron chi connectivity index (χ2n) is 12.0. The molecule has 214 valence electrons. The average molecular weight is 619 g/mol. The van der Waals surface area contributed by atoms with Gasteiger partial charge in [0.15, 0.2) is 0 Å². The maximum Gasteiger partial charge on any atom is 0.0433 e. The molecule has 0 aliphatic carbocycles. The van der Waals surface area contributed by atoms with Crippen LogP contribution in [-0.4, -0.2) is 0 Å². The molecule has 2 heterocycles. The Hall–Kier alpha value is -5.28. The zero-order chi connectivity index (χ0) is 30.2. The lowest BCUT2D eigenvalue weighted by Crippen LogP contribution is -1.89. The lowest BCUT2D eigenvalue weighted by molar-refractivity contribution is 1.63. The quantitative estimate of drug-likeness (QED) is 0.173. The Morgan fingerprint density at radius 3 is 1.76 bits per heavy atom. The zero-order valence-electron chi connectivity index (χ0n) is 24.8. The molecule has 8 aromatic carbocycles. The van der Waals surface area contributed by atoms with Gasteiger partial charge >= 0.3 is 0 Å². The molecule has 0 saturated carbocycles. The first-order chi connectivity index (χ1) is 22.8. The third-order valence-corrected chi connectivity index (χ3v) is 11.8. The van der Waals surface area contributed by atoms with Gasteiger partial charge in [-0.15, -0.1) is 22.7 Å². The smallest absolute Gasteiger partial charge is 0.0433 e. The molecule has 2 heteroatoms. The normalized spacial score (nSPS) is 11.9. The molecule has 0 spiro atoms. The standard InChI is InChI=1S/C44H26S2/c1-2-11-27(12-3-1)37-26-38-30(17-9-19-33(38)42-34(37)23-24-41-43(42)36-16-5-7-22-40(36)45-41)28-13-8-14-29(25-28)31-18-10-20-35-32-15-4-6-21-39(32)46-44(31)35/h1-26H. The van der Waals surface area contributed by atoms with Crippen molar-refractivity contribution in [2.24, 2.45) is 0 Å². The summed E-state index contributed by atoms with van der Waals surface area (Å²) in [5.74, 6) is 0. The molecule has 0 fully saturated rings. The summed E-state index contributed by atoms with van der Waals surface area (Å²) in [6, 6.07) is 58.4. The summed E-state index contributed by atoms with van der Waals surface area (Å²) in [7, 11) is 0. The first-order valence-corrected chi connectivity index (χ1v) is 17.3. The van der Waals surface area contributed by atoms with Crippen molar-refractivity contribution in [1.82, 2.24) is 0 Å². The molecule has 0 aliphatic rings. The van der Waals surface area contributed by atoms with Crippen LogP contribution in [0.2, 0.25) is 0 Å². The molecule has 10 aromatic rings. The maximum absolute atomic E-state index is 2.43. The van der Waals surface area contributed by atoms with Crippen LogP contribution in [0, 0.1) is 0 Å². The van der Waals surface area contributed by atoms with E-state index in [2.05, 4.69) is 158 Å². The Bertz CT molecular complexity index is 2800. The Morgan fingerprint density at radius 1 is 0.283 bits per heavy atom. The predicted molar refractivity (Wildman–Crippen MR) is 204 cm³/mol.